The number of ether oxygens (including phenoxy) is 2. The van der Waals surface area contributed by atoms with Gasteiger partial charge in [-0.05, 0) is 23.8 Å². The molecule has 1 aliphatic carbocycles. The van der Waals surface area contributed by atoms with Gasteiger partial charge in [-0.1, -0.05) is 37.6 Å². The van der Waals surface area contributed by atoms with Crippen LogP contribution in [0.25, 0.3) is 22.4 Å². The van der Waals surface area contributed by atoms with Crippen molar-refractivity contribution in [2.45, 2.75) is 26.4 Å². The number of pyridine rings is 1. The predicted molar refractivity (Wildman–Crippen MR) is 152 cm³/mol. The fourth-order valence-electron chi connectivity index (χ4n) is 5.65. The van der Waals surface area contributed by atoms with E-state index in [1.165, 1.54) is 11.3 Å². The molecule has 0 spiro atoms. The number of nitrogens with zero attached hydrogens (tertiary/aromatic N) is 3. The zero-order valence-corrected chi connectivity index (χ0v) is 23.3. The highest BCUT2D eigenvalue weighted by Crippen LogP contribution is 2.54. The second kappa shape index (κ2) is 10.2. The van der Waals surface area contributed by atoms with Crippen LogP contribution in [-0.2, 0) is 9.47 Å². The second-order valence-electron chi connectivity index (χ2n) is 10.8. The van der Waals surface area contributed by atoms with Crippen molar-refractivity contribution in [1.82, 2.24) is 4.98 Å². The third-order valence-corrected chi connectivity index (χ3v) is 9.47. The van der Waals surface area contributed by atoms with Gasteiger partial charge in [-0.3, -0.25) is 9.78 Å². The number of Topliss-reactive ketones (excluding diaryl/α,β-unsaturated/α-hetero) is 1. The average molecular weight is 554 g/mol. The minimum absolute atomic E-state index is 0.0941. The van der Waals surface area contributed by atoms with Crippen molar-refractivity contribution in [2.24, 2.45) is 5.41 Å². The molecular weight excluding hydrogens is 522 g/mol. The molecule has 38 heavy (non-hydrogen) atoms. The van der Waals surface area contributed by atoms with Crippen LogP contribution in [0.15, 0.2) is 36.5 Å². The number of ketones is 1. The number of carbonyl (C=O) groups excluding carboxylic acids is 1. The molecule has 0 bridgehead atoms. The van der Waals surface area contributed by atoms with Gasteiger partial charge in [0.2, 0.25) is 0 Å². The lowest BCUT2D eigenvalue weighted by Crippen LogP contribution is -2.36. The highest BCUT2D eigenvalue weighted by molar-refractivity contribution is 7.19. The average Bonchev–Trinajstić information content (AvgIpc) is 3.34. The standard InChI is InChI=1S/C29H32ClN3O4S/c1-29(2)17-22(34)26-24(27(29)35)23(28(38-26)33-10-14-37-15-11-33)18-6-7-31-20(16-18)19-4-3-5-21(25(19)30)32-8-12-36-13-9-32/h3-7,16,27,35H,8-15,17H2,1-2H3. The quantitative estimate of drug-likeness (QED) is 0.460. The maximum Gasteiger partial charge on any atom is 0.173 e. The minimum Gasteiger partial charge on any atom is -0.388 e. The fourth-order valence-corrected chi connectivity index (χ4v) is 7.34. The summed E-state index contributed by atoms with van der Waals surface area (Å²) in [7, 11) is 0. The van der Waals surface area contributed by atoms with Gasteiger partial charge in [0.05, 0.1) is 53.8 Å². The first-order chi connectivity index (χ1) is 18.3. The van der Waals surface area contributed by atoms with Crippen molar-refractivity contribution in [3.8, 4) is 22.4 Å². The van der Waals surface area contributed by atoms with Crippen LogP contribution in [0, 0.1) is 5.41 Å². The van der Waals surface area contributed by atoms with Gasteiger partial charge < -0.3 is 24.4 Å². The Kier molecular flexibility index (Phi) is 6.95. The van der Waals surface area contributed by atoms with Gasteiger partial charge in [-0.15, -0.1) is 11.3 Å². The van der Waals surface area contributed by atoms with Crippen molar-refractivity contribution in [3.63, 3.8) is 0 Å². The molecule has 7 nitrogen and oxygen atoms in total. The number of aromatic nitrogens is 1. The maximum absolute atomic E-state index is 13.3. The Morgan fingerprint density at radius 3 is 2.45 bits per heavy atom. The number of fused-ring (bicyclic) bond motifs is 1. The van der Waals surface area contributed by atoms with Crippen LogP contribution >= 0.6 is 22.9 Å². The monoisotopic (exact) mass is 553 g/mol. The molecule has 2 aliphatic heterocycles. The van der Waals surface area contributed by atoms with Crippen molar-refractivity contribution in [3.05, 3.63) is 52.0 Å². The molecule has 2 aromatic heterocycles. The first-order valence-corrected chi connectivity index (χ1v) is 14.3. The molecule has 2 saturated heterocycles. The molecule has 4 heterocycles. The molecule has 9 heteroatoms. The van der Waals surface area contributed by atoms with Crippen LogP contribution in [0.1, 0.15) is 41.6 Å². The number of aliphatic hydroxyl groups excluding tert-OH is 1. The topological polar surface area (TPSA) is 75.1 Å². The summed E-state index contributed by atoms with van der Waals surface area (Å²) in [5.74, 6) is 0.0941. The van der Waals surface area contributed by atoms with Crippen molar-refractivity contribution < 1.29 is 19.4 Å². The summed E-state index contributed by atoms with van der Waals surface area (Å²) in [5.41, 5.74) is 4.62. The molecule has 3 aliphatic rings. The summed E-state index contributed by atoms with van der Waals surface area (Å²) in [6, 6.07) is 10.0. The van der Waals surface area contributed by atoms with Crippen LogP contribution in [-0.4, -0.2) is 68.5 Å². The van der Waals surface area contributed by atoms with Crippen molar-refractivity contribution >= 4 is 39.4 Å². The summed E-state index contributed by atoms with van der Waals surface area (Å²) in [6.45, 7) is 9.62. The van der Waals surface area contributed by atoms with E-state index in [9.17, 15) is 9.90 Å². The molecule has 1 aromatic carbocycles. The Balaban J connectivity index is 1.48. The number of thiophene rings is 1. The third-order valence-electron chi connectivity index (χ3n) is 7.76. The number of rotatable bonds is 4. The van der Waals surface area contributed by atoms with E-state index in [1.54, 1.807) is 6.20 Å². The minimum atomic E-state index is -0.749. The number of benzene rings is 1. The lowest BCUT2D eigenvalue weighted by atomic mass is 9.72. The molecule has 200 valence electrons. The molecule has 6 rings (SSSR count). The summed E-state index contributed by atoms with van der Waals surface area (Å²) < 4.78 is 11.1. The van der Waals surface area contributed by atoms with Crippen molar-refractivity contribution in [1.29, 1.82) is 0 Å². The lowest BCUT2D eigenvalue weighted by Gasteiger charge is -2.35. The molecular formula is C29H32ClN3O4S. The highest BCUT2D eigenvalue weighted by Gasteiger charge is 2.43. The number of anilines is 2. The lowest BCUT2D eigenvalue weighted by molar-refractivity contribution is 0.0330. The molecule has 0 saturated carbocycles. The zero-order valence-electron chi connectivity index (χ0n) is 21.7. The van der Waals surface area contributed by atoms with E-state index in [-0.39, 0.29) is 5.78 Å². The van der Waals surface area contributed by atoms with E-state index in [0.717, 1.165) is 64.8 Å². The van der Waals surface area contributed by atoms with Gasteiger partial charge in [0.15, 0.2) is 5.78 Å². The Hall–Kier alpha value is -2.49. The largest absolute Gasteiger partial charge is 0.388 e. The van der Waals surface area contributed by atoms with Gasteiger partial charge in [-0.25, -0.2) is 0 Å². The Morgan fingerprint density at radius 2 is 1.74 bits per heavy atom. The summed E-state index contributed by atoms with van der Waals surface area (Å²) in [5, 5.41) is 13.2. The molecule has 0 amide bonds. The highest BCUT2D eigenvalue weighted by atomic mass is 35.5. The van der Waals surface area contributed by atoms with Crippen molar-refractivity contribution in [2.75, 3.05) is 62.4 Å². The smallest absolute Gasteiger partial charge is 0.173 e. The Labute approximate surface area is 232 Å². The summed E-state index contributed by atoms with van der Waals surface area (Å²) in [6.07, 6.45) is 1.37. The van der Waals surface area contributed by atoms with E-state index in [1.807, 2.05) is 44.2 Å². The van der Waals surface area contributed by atoms with E-state index < -0.39 is 11.5 Å². The van der Waals surface area contributed by atoms with Crippen LogP contribution in [0.3, 0.4) is 0 Å². The number of hydrogen-bond donors (Lipinski definition) is 1. The van der Waals surface area contributed by atoms with Crippen LogP contribution in [0.5, 0.6) is 0 Å². The first-order valence-electron chi connectivity index (χ1n) is 13.1. The molecule has 0 radical (unpaired) electrons. The number of carbonyl (C=O) groups is 1. The Bertz CT molecular complexity index is 1360. The van der Waals surface area contributed by atoms with Crippen LogP contribution < -0.4 is 9.80 Å². The zero-order chi connectivity index (χ0) is 26.4. The van der Waals surface area contributed by atoms with E-state index in [0.29, 0.717) is 42.7 Å². The fraction of sp³-hybridized carbons (Fsp3) is 0.448. The van der Waals surface area contributed by atoms with Gasteiger partial charge >= 0.3 is 0 Å². The molecule has 1 atom stereocenters. The summed E-state index contributed by atoms with van der Waals surface area (Å²) >= 11 is 8.47. The number of morpholine rings is 2. The molecule has 1 N–H and O–H groups in total. The molecule has 3 aromatic rings. The SMILES string of the molecule is CC1(C)CC(=O)c2sc(N3CCOCC3)c(-c3ccnc(-c4cccc(N5CCOCC5)c4Cl)c3)c2C1O. The Morgan fingerprint density at radius 1 is 1.05 bits per heavy atom. The predicted octanol–water partition coefficient (Wildman–Crippen LogP) is 5.45. The second-order valence-corrected chi connectivity index (χ2v) is 12.2. The molecule has 1 unspecified atom stereocenters. The first kappa shape index (κ1) is 25.8. The normalized spacial score (nSPS) is 21.5. The van der Waals surface area contributed by atoms with Gasteiger partial charge in [-0.2, -0.15) is 0 Å². The summed E-state index contributed by atoms with van der Waals surface area (Å²) in [4.78, 5) is 23.1. The van der Waals surface area contributed by atoms with Crippen LogP contribution in [0.2, 0.25) is 5.02 Å². The van der Waals surface area contributed by atoms with E-state index in [2.05, 4.69) is 9.80 Å². The van der Waals surface area contributed by atoms with E-state index in [4.69, 9.17) is 26.1 Å². The van der Waals surface area contributed by atoms with Gasteiger partial charge in [0.25, 0.3) is 0 Å². The molecule has 2 fully saturated rings. The number of hydrogen-bond acceptors (Lipinski definition) is 8. The van der Waals surface area contributed by atoms with E-state index >= 15 is 0 Å². The number of halogens is 1. The third kappa shape index (κ3) is 4.52. The number of aliphatic hydroxyl groups is 1. The maximum atomic E-state index is 13.3. The van der Waals surface area contributed by atoms with Crippen LogP contribution in [0.4, 0.5) is 10.7 Å². The van der Waals surface area contributed by atoms with Gasteiger partial charge in [0, 0.05) is 60.9 Å². The van der Waals surface area contributed by atoms with Gasteiger partial charge in [0.1, 0.15) is 5.00 Å².